The number of nitrogens with zero attached hydrogens (tertiary/aromatic N) is 3. The van der Waals surface area contributed by atoms with E-state index in [2.05, 4.69) is 15.3 Å². The average molecular weight is 364 g/mol. The van der Waals surface area contributed by atoms with E-state index in [0.29, 0.717) is 42.7 Å². The number of fused-ring (bicyclic) bond motifs is 3. The van der Waals surface area contributed by atoms with Gasteiger partial charge in [0.25, 0.3) is 0 Å². The lowest BCUT2D eigenvalue weighted by atomic mass is 10.2. The fourth-order valence-electron chi connectivity index (χ4n) is 2.88. The van der Waals surface area contributed by atoms with Crippen LogP contribution >= 0.6 is 0 Å². The number of rotatable bonds is 7. The van der Waals surface area contributed by atoms with Crippen LogP contribution in [0.25, 0.3) is 33.6 Å². The molecule has 0 saturated carbocycles. The molecule has 7 nitrogen and oxygen atoms in total. The molecular weight excluding hydrogens is 344 g/mol. The topological polar surface area (TPSA) is 82.3 Å². The molecule has 138 valence electrons. The minimum absolute atomic E-state index is 0.539. The lowest BCUT2D eigenvalue weighted by Gasteiger charge is -2.09. The minimum Gasteiger partial charge on any atom is -0.497 e. The summed E-state index contributed by atoms with van der Waals surface area (Å²) in [6.07, 6.45) is 1.70. The number of hydrogen-bond donors (Lipinski definition) is 1. The molecule has 4 aromatic rings. The zero-order valence-electron chi connectivity index (χ0n) is 15.2. The Morgan fingerprint density at radius 1 is 1.15 bits per heavy atom. The Morgan fingerprint density at radius 2 is 2.07 bits per heavy atom. The Bertz CT molecular complexity index is 1080. The average Bonchev–Trinajstić information content (AvgIpc) is 3.10. The molecule has 0 radical (unpaired) electrons. The Labute approximate surface area is 156 Å². The third-order valence-electron chi connectivity index (χ3n) is 4.16. The molecule has 0 spiro atoms. The number of methoxy groups -OCH3 is 1. The van der Waals surface area contributed by atoms with Crippen molar-refractivity contribution < 1.29 is 13.9 Å². The summed E-state index contributed by atoms with van der Waals surface area (Å²) in [6.45, 7) is 3.83. The highest BCUT2D eigenvalue weighted by Crippen LogP contribution is 2.32. The van der Waals surface area contributed by atoms with Gasteiger partial charge < -0.3 is 19.2 Å². The Hall–Kier alpha value is -3.19. The number of furan rings is 1. The van der Waals surface area contributed by atoms with Gasteiger partial charge in [-0.25, -0.2) is 15.0 Å². The summed E-state index contributed by atoms with van der Waals surface area (Å²) in [5, 5.41) is 4.15. The van der Waals surface area contributed by atoms with Gasteiger partial charge in [-0.2, -0.15) is 0 Å². The molecule has 0 amide bonds. The highest BCUT2D eigenvalue weighted by Gasteiger charge is 2.17. The van der Waals surface area contributed by atoms with Crippen LogP contribution in [0, 0.1) is 0 Å². The van der Waals surface area contributed by atoms with Crippen molar-refractivity contribution in [1.82, 2.24) is 15.0 Å². The van der Waals surface area contributed by atoms with Gasteiger partial charge in [-0.05, 0) is 31.2 Å². The molecule has 0 aliphatic heterocycles. The molecular formula is C20H20N4O3. The number of hydrogen-bond acceptors (Lipinski definition) is 7. The van der Waals surface area contributed by atoms with Crippen molar-refractivity contribution in [2.75, 3.05) is 32.2 Å². The maximum absolute atomic E-state index is 5.91. The minimum atomic E-state index is 0.539. The second kappa shape index (κ2) is 7.59. The van der Waals surface area contributed by atoms with Crippen molar-refractivity contribution in [2.45, 2.75) is 6.92 Å². The summed E-state index contributed by atoms with van der Waals surface area (Å²) in [5.41, 5.74) is 2.72. The largest absolute Gasteiger partial charge is 0.497 e. The van der Waals surface area contributed by atoms with Crippen LogP contribution in [0.2, 0.25) is 0 Å². The molecule has 0 atom stereocenters. The van der Waals surface area contributed by atoms with Crippen molar-refractivity contribution in [3.8, 4) is 17.1 Å². The van der Waals surface area contributed by atoms with Gasteiger partial charge in [0.2, 0.25) is 5.71 Å². The van der Waals surface area contributed by atoms with Gasteiger partial charge in [-0.3, -0.25) is 0 Å². The van der Waals surface area contributed by atoms with Crippen molar-refractivity contribution >= 4 is 28.0 Å². The fourth-order valence-corrected chi connectivity index (χ4v) is 2.88. The quantitative estimate of drug-likeness (QED) is 0.498. The van der Waals surface area contributed by atoms with Crippen molar-refractivity contribution in [1.29, 1.82) is 0 Å². The first-order valence-corrected chi connectivity index (χ1v) is 8.81. The van der Waals surface area contributed by atoms with E-state index < -0.39 is 0 Å². The predicted molar refractivity (Wildman–Crippen MR) is 104 cm³/mol. The van der Waals surface area contributed by atoms with E-state index in [1.165, 1.54) is 0 Å². The number of aromatic nitrogens is 3. The summed E-state index contributed by atoms with van der Waals surface area (Å²) in [6, 6.07) is 11.5. The summed E-state index contributed by atoms with van der Waals surface area (Å²) in [5.74, 6) is 1.96. The van der Waals surface area contributed by atoms with Crippen LogP contribution in [0.3, 0.4) is 0 Å². The van der Waals surface area contributed by atoms with E-state index in [1.54, 1.807) is 13.3 Å². The highest BCUT2D eigenvalue weighted by molar-refractivity contribution is 6.05. The number of nitrogens with one attached hydrogen (secondary N) is 1. The van der Waals surface area contributed by atoms with Gasteiger partial charge in [0.05, 0.1) is 19.1 Å². The van der Waals surface area contributed by atoms with Crippen LogP contribution < -0.4 is 10.1 Å². The van der Waals surface area contributed by atoms with E-state index in [4.69, 9.17) is 18.9 Å². The van der Waals surface area contributed by atoms with Crippen molar-refractivity contribution in [2.24, 2.45) is 0 Å². The lowest BCUT2D eigenvalue weighted by molar-refractivity contribution is 0.158. The molecule has 3 heterocycles. The highest BCUT2D eigenvalue weighted by atomic mass is 16.5. The van der Waals surface area contributed by atoms with Gasteiger partial charge in [0, 0.05) is 24.9 Å². The Balaban J connectivity index is 1.84. The normalized spacial score (nSPS) is 11.2. The van der Waals surface area contributed by atoms with Gasteiger partial charge in [-0.15, -0.1) is 0 Å². The molecule has 0 fully saturated rings. The Kier molecular flexibility index (Phi) is 4.84. The molecule has 3 aromatic heterocycles. The van der Waals surface area contributed by atoms with Crippen LogP contribution in [-0.2, 0) is 4.74 Å². The lowest BCUT2D eigenvalue weighted by Crippen LogP contribution is -2.11. The first kappa shape index (κ1) is 17.2. The predicted octanol–water partition coefficient (Wildman–Crippen LogP) is 3.90. The second-order valence-corrected chi connectivity index (χ2v) is 5.89. The summed E-state index contributed by atoms with van der Waals surface area (Å²) < 4.78 is 16.6. The summed E-state index contributed by atoms with van der Waals surface area (Å²) in [4.78, 5) is 13.7. The van der Waals surface area contributed by atoms with E-state index >= 15 is 0 Å². The number of anilines is 1. The van der Waals surface area contributed by atoms with Crippen LogP contribution in [0.5, 0.6) is 5.75 Å². The molecule has 0 aliphatic rings. The summed E-state index contributed by atoms with van der Waals surface area (Å²) >= 11 is 0. The fraction of sp³-hybridized carbons (Fsp3) is 0.250. The zero-order chi connectivity index (χ0) is 18.6. The molecule has 0 saturated heterocycles. The number of pyridine rings is 1. The Morgan fingerprint density at radius 3 is 2.93 bits per heavy atom. The number of benzene rings is 1. The van der Waals surface area contributed by atoms with Gasteiger partial charge in [-0.1, -0.05) is 12.1 Å². The first-order chi connectivity index (χ1) is 13.3. The second-order valence-electron chi connectivity index (χ2n) is 5.89. The van der Waals surface area contributed by atoms with E-state index in [9.17, 15) is 0 Å². The molecule has 1 aromatic carbocycles. The molecule has 1 N–H and O–H groups in total. The van der Waals surface area contributed by atoms with Crippen molar-refractivity contribution in [3.63, 3.8) is 0 Å². The summed E-state index contributed by atoms with van der Waals surface area (Å²) in [7, 11) is 1.64. The van der Waals surface area contributed by atoms with E-state index in [1.807, 2.05) is 43.3 Å². The first-order valence-electron chi connectivity index (χ1n) is 8.81. The van der Waals surface area contributed by atoms with Gasteiger partial charge in [0.15, 0.2) is 17.2 Å². The molecule has 27 heavy (non-hydrogen) atoms. The molecule has 0 unspecified atom stereocenters. The van der Waals surface area contributed by atoms with E-state index in [0.717, 1.165) is 22.2 Å². The van der Waals surface area contributed by atoms with E-state index in [-0.39, 0.29) is 0 Å². The molecule has 0 aliphatic carbocycles. The van der Waals surface area contributed by atoms with Crippen molar-refractivity contribution in [3.05, 3.63) is 42.6 Å². The SMILES string of the molecule is CCOCCNc1nc(-c2cccc(OC)c2)nc2c1oc1ncccc12. The molecule has 0 bridgehead atoms. The van der Waals surface area contributed by atoms with Gasteiger partial charge in [0.1, 0.15) is 11.3 Å². The van der Waals surface area contributed by atoms with Crippen LogP contribution in [0.15, 0.2) is 47.0 Å². The van der Waals surface area contributed by atoms with Crippen LogP contribution in [0.1, 0.15) is 6.92 Å². The third kappa shape index (κ3) is 3.41. The zero-order valence-corrected chi connectivity index (χ0v) is 15.2. The molecule has 7 heteroatoms. The van der Waals surface area contributed by atoms with Crippen LogP contribution in [-0.4, -0.2) is 41.8 Å². The van der Waals surface area contributed by atoms with Gasteiger partial charge >= 0.3 is 0 Å². The monoisotopic (exact) mass is 364 g/mol. The van der Waals surface area contributed by atoms with Crippen LogP contribution in [0.4, 0.5) is 5.82 Å². The number of ether oxygens (including phenoxy) is 2. The third-order valence-corrected chi connectivity index (χ3v) is 4.16. The smallest absolute Gasteiger partial charge is 0.229 e. The maximum Gasteiger partial charge on any atom is 0.229 e. The molecule has 4 rings (SSSR count). The maximum atomic E-state index is 5.91. The standard InChI is InChI=1S/C20H20N4O3/c1-3-26-11-10-21-19-17-16(15-8-5-9-22-20(15)27-17)23-18(24-19)13-6-4-7-14(12-13)25-2/h4-9,12H,3,10-11H2,1-2H3,(H,21,23,24).